The molecule has 1 rings (SSSR count). The molecule has 0 bridgehead atoms. The van der Waals surface area contributed by atoms with Crippen LogP contribution in [0.2, 0.25) is 0 Å². The Morgan fingerprint density at radius 1 is 1.20 bits per heavy atom. The maximum Gasteiger partial charge on any atom is 0.315 e. The van der Waals surface area contributed by atoms with Crippen LogP contribution in [-0.2, 0) is 17.8 Å². The van der Waals surface area contributed by atoms with E-state index in [0.717, 1.165) is 12.0 Å². The summed E-state index contributed by atoms with van der Waals surface area (Å²) in [6, 6.07) is 6.86. The minimum Gasteiger partial charge on any atom is -0.481 e. The standard InChI is InChI=1S/C15H18N2O3/c1-2-3-6-9-16-15(20)17-11-13-8-5-4-7-12(13)10-14(18)19/h1,4-5,7-8H,3,6,9-11H2,(H,18,19)(H2,16,17,20). The summed E-state index contributed by atoms with van der Waals surface area (Å²) >= 11 is 0. The second kappa shape index (κ2) is 8.59. The average Bonchev–Trinajstić information content (AvgIpc) is 2.42. The summed E-state index contributed by atoms with van der Waals surface area (Å²) in [4.78, 5) is 22.3. The van der Waals surface area contributed by atoms with E-state index >= 15 is 0 Å². The maximum absolute atomic E-state index is 11.5. The molecule has 0 aliphatic heterocycles. The van der Waals surface area contributed by atoms with E-state index in [-0.39, 0.29) is 12.5 Å². The Kier molecular flexibility index (Phi) is 6.69. The van der Waals surface area contributed by atoms with Crippen LogP contribution in [0, 0.1) is 12.3 Å². The van der Waals surface area contributed by atoms with E-state index in [9.17, 15) is 9.59 Å². The van der Waals surface area contributed by atoms with Crippen molar-refractivity contribution in [2.24, 2.45) is 0 Å². The second-order valence-electron chi connectivity index (χ2n) is 4.26. The van der Waals surface area contributed by atoms with Crippen LogP contribution in [0.5, 0.6) is 0 Å². The molecule has 1 aromatic carbocycles. The lowest BCUT2D eigenvalue weighted by Crippen LogP contribution is -2.35. The summed E-state index contributed by atoms with van der Waals surface area (Å²) in [5.41, 5.74) is 1.50. The van der Waals surface area contributed by atoms with Gasteiger partial charge in [-0.1, -0.05) is 24.3 Å². The summed E-state index contributed by atoms with van der Waals surface area (Å²) in [7, 11) is 0. The number of carbonyl (C=O) groups is 2. The Balaban J connectivity index is 2.43. The lowest BCUT2D eigenvalue weighted by atomic mass is 10.0. The number of carbonyl (C=O) groups excluding carboxylic acids is 1. The van der Waals surface area contributed by atoms with Crippen LogP contribution in [0.3, 0.4) is 0 Å². The number of carboxylic acid groups (broad SMARTS) is 1. The van der Waals surface area contributed by atoms with E-state index < -0.39 is 5.97 Å². The zero-order chi connectivity index (χ0) is 14.8. The summed E-state index contributed by atoms with van der Waals surface area (Å²) in [5, 5.41) is 14.2. The van der Waals surface area contributed by atoms with Crippen LogP contribution in [0.25, 0.3) is 0 Å². The topological polar surface area (TPSA) is 78.4 Å². The third kappa shape index (κ3) is 5.91. The van der Waals surface area contributed by atoms with Gasteiger partial charge >= 0.3 is 12.0 Å². The first-order valence-corrected chi connectivity index (χ1v) is 6.37. The van der Waals surface area contributed by atoms with E-state index in [1.54, 1.807) is 18.2 Å². The zero-order valence-electron chi connectivity index (χ0n) is 11.2. The third-order valence-corrected chi connectivity index (χ3v) is 2.68. The largest absolute Gasteiger partial charge is 0.481 e. The van der Waals surface area contributed by atoms with Crippen molar-refractivity contribution in [2.45, 2.75) is 25.8 Å². The predicted molar refractivity (Wildman–Crippen MR) is 76.1 cm³/mol. The molecule has 20 heavy (non-hydrogen) atoms. The number of aliphatic carboxylic acids is 1. The number of urea groups is 1. The molecule has 0 aliphatic carbocycles. The molecule has 3 N–H and O–H groups in total. The Morgan fingerprint density at radius 2 is 1.90 bits per heavy atom. The zero-order valence-corrected chi connectivity index (χ0v) is 11.2. The number of amides is 2. The van der Waals surface area contributed by atoms with Crippen LogP contribution in [0.4, 0.5) is 4.79 Å². The van der Waals surface area contributed by atoms with E-state index in [2.05, 4.69) is 16.6 Å². The van der Waals surface area contributed by atoms with Crippen molar-refractivity contribution in [2.75, 3.05) is 6.54 Å². The van der Waals surface area contributed by atoms with E-state index in [0.29, 0.717) is 25.1 Å². The van der Waals surface area contributed by atoms with E-state index in [1.807, 2.05) is 6.07 Å². The Bertz CT molecular complexity index is 506. The summed E-state index contributed by atoms with van der Waals surface area (Å²) in [5.74, 6) is 1.61. The quantitative estimate of drug-likeness (QED) is 0.521. The molecule has 0 atom stereocenters. The monoisotopic (exact) mass is 274 g/mol. The number of hydrogen-bond donors (Lipinski definition) is 3. The number of unbranched alkanes of at least 4 members (excludes halogenated alkanes) is 1. The highest BCUT2D eigenvalue weighted by molar-refractivity contribution is 5.74. The van der Waals surface area contributed by atoms with E-state index in [4.69, 9.17) is 11.5 Å². The molecule has 2 amide bonds. The van der Waals surface area contributed by atoms with Gasteiger partial charge < -0.3 is 15.7 Å². The van der Waals surface area contributed by atoms with Crippen molar-refractivity contribution in [3.8, 4) is 12.3 Å². The molecule has 5 heteroatoms. The van der Waals surface area contributed by atoms with Gasteiger partial charge in [0.15, 0.2) is 0 Å². The van der Waals surface area contributed by atoms with Gasteiger partial charge in [-0.15, -0.1) is 12.3 Å². The minimum absolute atomic E-state index is 0.0539. The van der Waals surface area contributed by atoms with Gasteiger partial charge in [0.25, 0.3) is 0 Å². The lowest BCUT2D eigenvalue weighted by Gasteiger charge is -2.10. The molecule has 1 aromatic rings. The molecule has 106 valence electrons. The SMILES string of the molecule is C#CCCCNC(=O)NCc1ccccc1CC(=O)O. The molecule has 0 fully saturated rings. The molecular weight excluding hydrogens is 256 g/mol. The van der Waals surface area contributed by atoms with Crippen molar-refractivity contribution < 1.29 is 14.7 Å². The molecule has 0 unspecified atom stereocenters. The highest BCUT2D eigenvalue weighted by atomic mass is 16.4. The molecule has 0 saturated carbocycles. The molecule has 0 aliphatic rings. The summed E-state index contributed by atoms with van der Waals surface area (Å²) in [6.45, 7) is 0.817. The minimum atomic E-state index is -0.892. The second-order valence-corrected chi connectivity index (χ2v) is 4.26. The number of terminal acetylenes is 1. The summed E-state index contributed by atoms with van der Waals surface area (Å²) in [6.07, 6.45) is 6.42. The number of hydrogen-bond acceptors (Lipinski definition) is 2. The fourth-order valence-corrected chi connectivity index (χ4v) is 1.70. The van der Waals surface area contributed by atoms with Crippen LogP contribution < -0.4 is 10.6 Å². The van der Waals surface area contributed by atoms with Gasteiger partial charge in [-0.3, -0.25) is 4.79 Å². The van der Waals surface area contributed by atoms with Gasteiger partial charge in [-0.25, -0.2) is 4.79 Å². The highest BCUT2D eigenvalue weighted by Gasteiger charge is 2.07. The lowest BCUT2D eigenvalue weighted by molar-refractivity contribution is -0.136. The highest BCUT2D eigenvalue weighted by Crippen LogP contribution is 2.09. The molecule has 0 radical (unpaired) electrons. The summed E-state index contributed by atoms with van der Waals surface area (Å²) < 4.78 is 0. The normalized spacial score (nSPS) is 9.55. The van der Waals surface area contributed by atoms with Crippen LogP contribution in [0.15, 0.2) is 24.3 Å². The van der Waals surface area contributed by atoms with Crippen molar-refractivity contribution in [3.05, 3.63) is 35.4 Å². The molecule has 0 saturated heterocycles. The predicted octanol–water partition coefficient (Wildman–Crippen LogP) is 1.53. The maximum atomic E-state index is 11.5. The number of benzene rings is 1. The molecule has 5 nitrogen and oxygen atoms in total. The molecule has 0 spiro atoms. The van der Waals surface area contributed by atoms with Gasteiger partial charge in [0, 0.05) is 19.5 Å². The van der Waals surface area contributed by atoms with Crippen LogP contribution >= 0.6 is 0 Å². The van der Waals surface area contributed by atoms with Crippen molar-refractivity contribution in [1.82, 2.24) is 10.6 Å². The van der Waals surface area contributed by atoms with Crippen LogP contribution in [-0.4, -0.2) is 23.7 Å². The van der Waals surface area contributed by atoms with Gasteiger partial charge in [0.05, 0.1) is 6.42 Å². The average molecular weight is 274 g/mol. The number of rotatable bonds is 7. The first-order chi connectivity index (χ1) is 9.63. The Hall–Kier alpha value is -2.48. The van der Waals surface area contributed by atoms with Crippen LogP contribution in [0.1, 0.15) is 24.0 Å². The van der Waals surface area contributed by atoms with E-state index in [1.165, 1.54) is 0 Å². The smallest absolute Gasteiger partial charge is 0.315 e. The molecule has 0 aromatic heterocycles. The fourth-order valence-electron chi connectivity index (χ4n) is 1.70. The Morgan fingerprint density at radius 3 is 2.55 bits per heavy atom. The van der Waals surface area contributed by atoms with Gasteiger partial charge in [-0.2, -0.15) is 0 Å². The Labute approximate surface area is 118 Å². The molecular formula is C15H18N2O3. The van der Waals surface area contributed by atoms with Gasteiger partial charge in [0.2, 0.25) is 0 Å². The number of carboxylic acids is 1. The van der Waals surface area contributed by atoms with Crippen molar-refractivity contribution in [3.63, 3.8) is 0 Å². The molecule has 0 heterocycles. The van der Waals surface area contributed by atoms with Crippen molar-refractivity contribution >= 4 is 12.0 Å². The number of nitrogens with one attached hydrogen (secondary N) is 2. The fraction of sp³-hybridized carbons (Fsp3) is 0.333. The third-order valence-electron chi connectivity index (χ3n) is 2.68. The first kappa shape index (κ1) is 15.6. The first-order valence-electron chi connectivity index (χ1n) is 6.37. The van der Waals surface area contributed by atoms with Gasteiger partial charge in [0.1, 0.15) is 0 Å². The van der Waals surface area contributed by atoms with Gasteiger partial charge in [-0.05, 0) is 17.5 Å². The van der Waals surface area contributed by atoms with Crippen molar-refractivity contribution in [1.29, 1.82) is 0 Å².